The van der Waals surface area contributed by atoms with Crippen molar-refractivity contribution in [2.24, 2.45) is 5.92 Å². The summed E-state index contributed by atoms with van der Waals surface area (Å²) in [5, 5.41) is 0. The minimum Gasteiger partial charge on any atom is -0.485 e. The lowest BCUT2D eigenvalue weighted by Gasteiger charge is -2.28. The smallest absolute Gasteiger partial charge is 0.306 e. The van der Waals surface area contributed by atoms with Gasteiger partial charge in [-0.15, -0.1) is 0 Å². The van der Waals surface area contributed by atoms with Crippen LogP contribution < -0.4 is 4.74 Å². The molecule has 0 aromatic heterocycles. The highest BCUT2D eigenvalue weighted by atomic mass is 79.9. The molecule has 1 aliphatic heterocycles. The first-order valence-electron chi connectivity index (χ1n) is 9.36. The normalized spacial score (nSPS) is 19.7. The van der Waals surface area contributed by atoms with Crippen LogP contribution in [0.4, 0.5) is 4.39 Å². The molecule has 0 spiro atoms. The van der Waals surface area contributed by atoms with Crippen molar-refractivity contribution in [1.82, 2.24) is 0 Å². The van der Waals surface area contributed by atoms with Gasteiger partial charge < -0.3 is 9.47 Å². The number of methoxy groups -OCH3 is 1. The Bertz CT molecular complexity index is 863. The fourth-order valence-corrected chi connectivity index (χ4v) is 4.25. The molecule has 0 bridgehead atoms. The summed E-state index contributed by atoms with van der Waals surface area (Å²) in [6.45, 7) is 0. The molecule has 1 heterocycles. The van der Waals surface area contributed by atoms with Crippen molar-refractivity contribution in [1.29, 1.82) is 0 Å². The summed E-state index contributed by atoms with van der Waals surface area (Å²) in [7, 11) is 1.43. The Labute approximate surface area is 167 Å². The van der Waals surface area contributed by atoms with Gasteiger partial charge in [-0.2, -0.15) is 0 Å². The van der Waals surface area contributed by atoms with Crippen LogP contribution in [0.25, 0.3) is 0 Å². The molecule has 2 aromatic carbocycles. The summed E-state index contributed by atoms with van der Waals surface area (Å²) in [6, 6.07) is 11.3. The highest BCUT2D eigenvalue weighted by molar-refractivity contribution is 9.10. The molecule has 0 saturated heterocycles. The number of fused-ring (bicyclic) bond motifs is 1. The lowest BCUT2D eigenvalue weighted by molar-refractivity contribution is -0.141. The van der Waals surface area contributed by atoms with Crippen molar-refractivity contribution in [3.63, 3.8) is 0 Å². The zero-order chi connectivity index (χ0) is 19.0. The van der Waals surface area contributed by atoms with Gasteiger partial charge in [0.15, 0.2) is 0 Å². The second-order valence-corrected chi connectivity index (χ2v) is 8.32. The van der Waals surface area contributed by atoms with Crippen LogP contribution in [0, 0.1) is 11.7 Å². The Kier molecular flexibility index (Phi) is 5.22. The van der Waals surface area contributed by atoms with E-state index in [1.54, 1.807) is 6.07 Å². The van der Waals surface area contributed by atoms with Gasteiger partial charge in [0.1, 0.15) is 17.7 Å². The minimum atomic E-state index is -0.291. The maximum atomic E-state index is 14.4. The molecule has 0 amide bonds. The maximum Gasteiger partial charge on any atom is 0.306 e. The number of carbonyl (C=O) groups is 1. The first-order valence-corrected chi connectivity index (χ1v) is 10.2. The number of halogens is 2. The Morgan fingerprint density at radius 1 is 1.26 bits per heavy atom. The predicted octanol–water partition coefficient (Wildman–Crippen LogP) is 5.71. The van der Waals surface area contributed by atoms with E-state index >= 15 is 0 Å². The molecule has 1 saturated carbocycles. The molecule has 3 nitrogen and oxygen atoms in total. The monoisotopic (exact) mass is 432 g/mol. The fourth-order valence-electron chi connectivity index (χ4n) is 3.92. The molecular weight excluding hydrogens is 411 g/mol. The number of esters is 1. The lowest BCUT2D eigenvalue weighted by Crippen LogP contribution is -2.17. The summed E-state index contributed by atoms with van der Waals surface area (Å²) in [5.41, 5.74) is 2.83. The van der Waals surface area contributed by atoms with Crippen molar-refractivity contribution in [2.45, 2.75) is 44.1 Å². The third kappa shape index (κ3) is 4.03. The zero-order valence-electron chi connectivity index (χ0n) is 15.2. The molecule has 142 valence electrons. The number of aryl methyl sites for hydroxylation is 1. The van der Waals surface area contributed by atoms with Gasteiger partial charge in [-0.05, 0) is 66.8 Å². The SMILES string of the molecule is COC(=O)CC(c1ccc2c(c1)OC(c1ccc(Br)cc1F)CC2)C1CC1. The van der Waals surface area contributed by atoms with E-state index in [2.05, 4.69) is 28.1 Å². The van der Waals surface area contributed by atoms with Gasteiger partial charge >= 0.3 is 5.97 Å². The average molecular weight is 433 g/mol. The van der Waals surface area contributed by atoms with Gasteiger partial charge in [-0.1, -0.05) is 34.1 Å². The first-order chi connectivity index (χ1) is 13.0. The van der Waals surface area contributed by atoms with Crippen LogP contribution >= 0.6 is 15.9 Å². The van der Waals surface area contributed by atoms with Gasteiger partial charge in [0, 0.05) is 10.0 Å². The quantitative estimate of drug-likeness (QED) is 0.567. The van der Waals surface area contributed by atoms with E-state index in [1.165, 1.54) is 13.2 Å². The van der Waals surface area contributed by atoms with Gasteiger partial charge in [-0.25, -0.2) is 4.39 Å². The van der Waals surface area contributed by atoms with E-state index in [0.717, 1.165) is 47.0 Å². The Morgan fingerprint density at radius 2 is 2.07 bits per heavy atom. The molecule has 2 aromatic rings. The molecule has 2 atom stereocenters. The van der Waals surface area contributed by atoms with Crippen molar-refractivity contribution in [2.75, 3.05) is 7.11 Å². The molecule has 27 heavy (non-hydrogen) atoms. The Morgan fingerprint density at radius 3 is 2.78 bits per heavy atom. The van der Waals surface area contributed by atoms with E-state index < -0.39 is 0 Å². The van der Waals surface area contributed by atoms with Crippen LogP contribution in [-0.2, 0) is 16.0 Å². The molecule has 4 rings (SSSR count). The number of rotatable bonds is 5. The van der Waals surface area contributed by atoms with E-state index in [9.17, 15) is 9.18 Å². The van der Waals surface area contributed by atoms with Crippen molar-refractivity contribution >= 4 is 21.9 Å². The van der Waals surface area contributed by atoms with Gasteiger partial charge in [0.2, 0.25) is 0 Å². The van der Waals surface area contributed by atoms with Crippen LogP contribution in [0.15, 0.2) is 40.9 Å². The minimum absolute atomic E-state index is 0.163. The third-order valence-electron chi connectivity index (χ3n) is 5.58. The summed E-state index contributed by atoms with van der Waals surface area (Å²) in [6.07, 6.45) is 3.99. The van der Waals surface area contributed by atoms with Crippen LogP contribution in [0.1, 0.15) is 54.4 Å². The van der Waals surface area contributed by atoms with E-state index in [1.807, 2.05) is 12.1 Å². The molecule has 5 heteroatoms. The number of hydrogen-bond acceptors (Lipinski definition) is 3. The summed E-state index contributed by atoms with van der Waals surface area (Å²) in [4.78, 5) is 11.8. The summed E-state index contributed by atoms with van der Waals surface area (Å²) >= 11 is 3.30. The molecule has 0 radical (unpaired) electrons. The Hall–Kier alpha value is -1.88. The first kappa shape index (κ1) is 18.5. The number of ether oxygens (including phenoxy) is 2. The van der Waals surface area contributed by atoms with Gasteiger partial charge in [0.05, 0.1) is 13.5 Å². The molecular formula is C22H22BrFO3. The third-order valence-corrected chi connectivity index (χ3v) is 6.07. The standard InChI is InChI=1S/C22H22BrFO3/c1-26-22(25)12-18(13-2-3-13)15-5-4-14-6-9-20(27-21(14)10-15)17-8-7-16(23)11-19(17)24/h4-5,7-8,10-11,13,18,20H,2-3,6,9,12H2,1H3. The van der Waals surface area contributed by atoms with Crippen LogP contribution in [0.3, 0.4) is 0 Å². The van der Waals surface area contributed by atoms with Gasteiger partial charge in [-0.3, -0.25) is 4.79 Å². The van der Waals surface area contributed by atoms with Crippen molar-refractivity contribution < 1.29 is 18.7 Å². The van der Waals surface area contributed by atoms with E-state index in [0.29, 0.717) is 17.9 Å². The Balaban J connectivity index is 1.59. The molecule has 0 N–H and O–H groups in total. The molecule has 1 aliphatic carbocycles. The zero-order valence-corrected chi connectivity index (χ0v) is 16.8. The number of hydrogen-bond donors (Lipinski definition) is 0. The topological polar surface area (TPSA) is 35.5 Å². The van der Waals surface area contributed by atoms with Gasteiger partial charge in [0.25, 0.3) is 0 Å². The van der Waals surface area contributed by atoms with E-state index in [4.69, 9.17) is 9.47 Å². The average Bonchev–Trinajstić information content (AvgIpc) is 3.50. The predicted molar refractivity (Wildman–Crippen MR) is 104 cm³/mol. The highest BCUT2D eigenvalue weighted by Crippen LogP contribution is 2.46. The fraction of sp³-hybridized carbons (Fsp3) is 0.409. The van der Waals surface area contributed by atoms with Crippen LogP contribution in [0.2, 0.25) is 0 Å². The van der Waals surface area contributed by atoms with Crippen LogP contribution in [-0.4, -0.2) is 13.1 Å². The van der Waals surface area contributed by atoms with Crippen molar-refractivity contribution in [3.8, 4) is 5.75 Å². The van der Waals surface area contributed by atoms with E-state index in [-0.39, 0.29) is 23.8 Å². The molecule has 2 aliphatic rings. The summed E-state index contributed by atoms with van der Waals surface area (Å²) in [5.74, 6) is 1.07. The molecule has 2 unspecified atom stereocenters. The highest BCUT2D eigenvalue weighted by Gasteiger charge is 2.35. The molecule has 1 fully saturated rings. The second-order valence-electron chi connectivity index (χ2n) is 7.40. The number of benzene rings is 2. The van der Waals surface area contributed by atoms with Crippen LogP contribution in [0.5, 0.6) is 5.75 Å². The van der Waals surface area contributed by atoms with Crippen molar-refractivity contribution in [3.05, 3.63) is 63.4 Å². The second kappa shape index (κ2) is 7.63. The maximum absolute atomic E-state index is 14.4. The summed E-state index contributed by atoms with van der Waals surface area (Å²) < 4.78 is 26.1. The largest absolute Gasteiger partial charge is 0.485 e. The number of carbonyl (C=O) groups excluding carboxylic acids is 1. The lowest BCUT2D eigenvalue weighted by atomic mass is 9.88.